The Bertz CT molecular complexity index is 1680. The van der Waals surface area contributed by atoms with Crippen molar-refractivity contribution in [3.63, 3.8) is 0 Å². The molecule has 212 valence electrons. The van der Waals surface area contributed by atoms with Gasteiger partial charge in [0.05, 0.1) is 22.4 Å². The normalized spacial score (nSPS) is 19.7. The minimum Gasteiger partial charge on any atom is -0.388 e. The first-order valence-electron chi connectivity index (χ1n) is 13.5. The number of nitrogens with one attached hydrogen (secondary N) is 3. The highest BCUT2D eigenvalue weighted by atomic mass is 32.1. The number of aromatic nitrogens is 3. The molecule has 9 nitrogen and oxygen atoms in total. The Morgan fingerprint density at radius 2 is 2.02 bits per heavy atom. The quantitative estimate of drug-likeness (QED) is 0.243. The molecular formula is C30H31FN6O3S. The molecule has 0 saturated carbocycles. The fourth-order valence-corrected chi connectivity index (χ4v) is 6.94. The van der Waals surface area contributed by atoms with Crippen LogP contribution in [0.15, 0.2) is 53.5 Å². The van der Waals surface area contributed by atoms with Crippen molar-refractivity contribution in [2.45, 2.75) is 45.3 Å². The number of aromatic amines is 1. The van der Waals surface area contributed by atoms with Crippen molar-refractivity contribution in [1.82, 2.24) is 20.1 Å². The van der Waals surface area contributed by atoms with Crippen molar-refractivity contribution in [2.75, 3.05) is 24.2 Å². The first-order valence-corrected chi connectivity index (χ1v) is 14.4. The molecule has 2 aliphatic rings. The third kappa shape index (κ3) is 5.28. The molecule has 0 radical (unpaired) electrons. The summed E-state index contributed by atoms with van der Waals surface area (Å²) < 4.78 is 14.7. The van der Waals surface area contributed by atoms with E-state index in [1.165, 1.54) is 29.5 Å². The fourth-order valence-electron chi connectivity index (χ4n) is 5.61. The summed E-state index contributed by atoms with van der Waals surface area (Å²) in [7, 11) is 2.10. The van der Waals surface area contributed by atoms with E-state index in [0.717, 1.165) is 35.4 Å². The predicted molar refractivity (Wildman–Crippen MR) is 157 cm³/mol. The average molecular weight is 575 g/mol. The molecule has 2 atom stereocenters. The van der Waals surface area contributed by atoms with Crippen LogP contribution in [0.25, 0.3) is 11.3 Å². The third-order valence-corrected chi connectivity index (χ3v) is 9.13. The highest BCUT2D eigenvalue weighted by Crippen LogP contribution is 2.48. The number of likely N-dealkylation sites (tertiary alicyclic amines) is 1. The number of aliphatic hydroxyl groups excluding tert-OH is 1. The zero-order valence-corrected chi connectivity index (χ0v) is 23.8. The summed E-state index contributed by atoms with van der Waals surface area (Å²) in [6, 6.07) is 11.7. The van der Waals surface area contributed by atoms with Crippen LogP contribution in [0.2, 0.25) is 0 Å². The largest absolute Gasteiger partial charge is 0.388 e. The Morgan fingerprint density at radius 1 is 1.20 bits per heavy atom. The molecule has 1 fully saturated rings. The van der Waals surface area contributed by atoms with E-state index < -0.39 is 23.4 Å². The summed E-state index contributed by atoms with van der Waals surface area (Å²) >= 11 is 1.31. The summed E-state index contributed by atoms with van der Waals surface area (Å²) in [4.78, 5) is 33.7. The molecule has 0 bridgehead atoms. The maximum absolute atomic E-state index is 14.7. The second-order valence-electron chi connectivity index (χ2n) is 11.4. The lowest BCUT2D eigenvalue weighted by atomic mass is 9.88. The number of carbonyl (C=O) groups excluding carboxylic acids is 1. The van der Waals surface area contributed by atoms with Gasteiger partial charge in [0.25, 0.3) is 11.5 Å². The summed E-state index contributed by atoms with van der Waals surface area (Å²) in [6.07, 6.45) is 4.10. The number of nitrogens with zero attached hydrogens (tertiary/aromatic N) is 3. The van der Waals surface area contributed by atoms with Gasteiger partial charge in [-0.25, -0.2) is 14.5 Å². The lowest BCUT2D eigenvalue weighted by Gasteiger charge is -2.22. The number of thiophene rings is 1. The number of hydrogen-bond donors (Lipinski definition) is 4. The Hall–Kier alpha value is -3.93. The van der Waals surface area contributed by atoms with E-state index in [4.69, 9.17) is 0 Å². The molecule has 1 aliphatic carbocycles. The molecular weight excluding hydrogens is 543 g/mol. The summed E-state index contributed by atoms with van der Waals surface area (Å²) in [5.41, 5.74) is 2.28. The van der Waals surface area contributed by atoms with Gasteiger partial charge in [-0.15, -0.1) is 11.3 Å². The number of anilines is 3. The van der Waals surface area contributed by atoms with E-state index in [2.05, 4.69) is 37.8 Å². The molecule has 11 heteroatoms. The summed E-state index contributed by atoms with van der Waals surface area (Å²) in [5.74, 6) is -0.548. The van der Waals surface area contributed by atoms with Crippen LogP contribution in [-0.4, -0.2) is 44.7 Å². The highest BCUT2D eigenvalue weighted by molar-refractivity contribution is 7.14. The fraction of sp³-hybridized carbons (Fsp3) is 0.333. The Morgan fingerprint density at radius 3 is 2.73 bits per heavy atom. The molecule has 1 aliphatic heterocycles. The molecule has 3 aromatic heterocycles. The zero-order valence-electron chi connectivity index (χ0n) is 23.0. The second kappa shape index (κ2) is 10.5. The number of carbonyl (C=O) groups is 1. The minimum atomic E-state index is -0.647. The van der Waals surface area contributed by atoms with Gasteiger partial charge in [0.15, 0.2) is 0 Å². The van der Waals surface area contributed by atoms with Crippen LogP contribution in [0, 0.1) is 11.2 Å². The minimum absolute atomic E-state index is 0.0152. The van der Waals surface area contributed by atoms with Gasteiger partial charge in [-0.2, -0.15) is 5.10 Å². The number of pyridine rings is 1. The van der Waals surface area contributed by atoms with Crippen LogP contribution in [0.3, 0.4) is 0 Å². The van der Waals surface area contributed by atoms with Crippen LogP contribution in [-0.2, 0) is 6.42 Å². The van der Waals surface area contributed by atoms with E-state index in [9.17, 15) is 19.1 Å². The number of benzene rings is 1. The topological polar surface area (TPSA) is 123 Å². The number of aliphatic hydroxyl groups is 1. The van der Waals surface area contributed by atoms with Crippen molar-refractivity contribution in [2.24, 2.45) is 5.41 Å². The van der Waals surface area contributed by atoms with Crippen LogP contribution >= 0.6 is 11.3 Å². The molecule has 6 rings (SSSR count). The first-order chi connectivity index (χ1) is 19.6. The van der Waals surface area contributed by atoms with Gasteiger partial charge in [-0.1, -0.05) is 19.9 Å². The van der Waals surface area contributed by atoms with Crippen LogP contribution in [0.5, 0.6) is 0 Å². The molecule has 4 N–H and O–H groups in total. The average Bonchev–Trinajstić information content (AvgIpc) is 3.62. The third-order valence-electron chi connectivity index (χ3n) is 7.98. The van der Waals surface area contributed by atoms with Gasteiger partial charge < -0.3 is 15.7 Å². The molecule has 4 aromatic rings. The SMILES string of the molecule is CN1CCC[C@H]1c1ccc(Nc2cc(-c3ccc(F)c(NC(=O)c4cc5c(s4)CC(C)(C)[C@H]5O)c3)n[nH]c2=O)nc1. The lowest BCUT2D eigenvalue weighted by Crippen LogP contribution is -2.18. The Labute approximate surface area is 240 Å². The second-order valence-corrected chi connectivity index (χ2v) is 12.6. The molecule has 0 spiro atoms. The van der Waals surface area contributed by atoms with Gasteiger partial charge >= 0.3 is 0 Å². The standard InChI is InChI=1S/C30H31FN6O3S/c1-30(2)14-25-18(27(30)38)12-24(41-25)29(40)34-21-11-16(6-8-19(21)31)20-13-22(28(39)36-35-20)33-26-9-7-17(15-32-26)23-5-4-10-37(23)3/h6-9,11-13,15,23,27,38H,4-5,10,14H2,1-3H3,(H,34,40)(H,36,39)(H,32,33,35)/t23-,27-/m0/s1. The van der Waals surface area contributed by atoms with E-state index in [0.29, 0.717) is 34.4 Å². The van der Waals surface area contributed by atoms with Crippen molar-refractivity contribution in [3.8, 4) is 11.3 Å². The molecule has 0 unspecified atom stereocenters. The van der Waals surface area contributed by atoms with E-state index in [1.54, 1.807) is 12.1 Å². The Balaban J connectivity index is 1.20. The number of H-pyrrole nitrogens is 1. The van der Waals surface area contributed by atoms with Gasteiger partial charge in [0.2, 0.25) is 0 Å². The molecule has 1 saturated heterocycles. The van der Waals surface area contributed by atoms with Crippen LogP contribution in [0.4, 0.5) is 21.6 Å². The molecule has 41 heavy (non-hydrogen) atoms. The van der Waals surface area contributed by atoms with E-state index in [-0.39, 0.29) is 16.8 Å². The van der Waals surface area contributed by atoms with E-state index >= 15 is 0 Å². The number of hydrogen-bond acceptors (Lipinski definition) is 8. The highest BCUT2D eigenvalue weighted by Gasteiger charge is 2.40. The van der Waals surface area contributed by atoms with Crippen LogP contribution < -0.4 is 16.2 Å². The van der Waals surface area contributed by atoms with Crippen molar-refractivity contribution < 1.29 is 14.3 Å². The number of halogens is 1. The van der Waals surface area contributed by atoms with Crippen molar-refractivity contribution in [1.29, 1.82) is 0 Å². The van der Waals surface area contributed by atoms with Crippen molar-refractivity contribution >= 4 is 34.4 Å². The molecule has 1 amide bonds. The van der Waals surface area contributed by atoms with Gasteiger partial charge in [0.1, 0.15) is 17.3 Å². The van der Waals surface area contributed by atoms with Gasteiger partial charge in [0, 0.05) is 22.7 Å². The zero-order chi connectivity index (χ0) is 28.9. The number of rotatable bonds is 6. The molecule has 4 heterocycles. The monoisotopic (exact) mass is 574 g/mol. The Kier molecular flexibility index (Phi) is 6.96. The van der Waals surface area contributed by atoms with E-state index in [1.807, 2.05) is 32.2 Å². The van der Waals surface area contributed by atoms with Crippen molar-refractivity contribution in [3.05, 3.63) is 85.7 Å². The summed E-state index contributed by atoms with van der Waals surface area (Å²) in [6.45, 7) is 5.03. The van der Waals surface area contributed by atoms with Gasteiger partial charge in [-0.05, 0) is 85.8 Å². The first kappa shape index (κ1) is 27.3. The maximum Gasteiger partial charge on any atom is 0.287 e. The predicted octanol–water partition coefficient (Wildman–Crippen LogP) is 5.41. The smallest absolute Gasteiger partial charge is 0.287 e. The molecule has 1 aromatic carbocycles. The number of fused-ring (bicyclic) bond motifs is 1. The lowest BCUT2D eigenvalue weighted by molar-refractivity contribution is 0.0665. The van der Waals surface area contributed by atoms with Gasteiger partial charge in [-0.3, -0.25) is 14.5 Å². The van der Waals surface area contributed by atoms with Crippen LogP contribution in [0.1, 0.15) is 64.5 Å². The number of amides is 1. The summed E-state index contributed by atoms with van der Waals surface area (Å²) in [5, 5.41) is 22.9. The maximum atomic E-state index is 14.7.